The van der Waals surface area contributed by atoms with E-state index in [9.17, 15) is 0 Å². The molecule has 0 radical (unpaired) electrons. The Bertz CT molecular complexity index is 493. The van der Waals surface area contributed by atoms with Crippen molar-refractivity contribution in [2.75, 3.05) is 0 Å². The number of aromatic nitrogens is 2. The predicted octanol–water partition coefficient (Wildman–Crippen LogP) is 3.89. The summed E-state index contributed by atoms with van der Waals surface area (Å²) in [7, 11) is 0. The van der Waals surface area contributed by atoms with Crippen molar-refractivity contribution >= 4 is 11.3 Å². The molecule has 4 bridgehead atoms. The minimum atomic E-state index is 0.145. The molecule has 1 heterocycles. The lowest BCUT2D eigenvalue weighted by molar-refractivity contribution is -0.00555. The van der Waals surface area contributed by atoms with Crippen molar-refractivity contribution in [3.63, 3.8) is 0 Å². The van der Waals surface area contributed by atoms with Gasteiger partial charge in [0.05, 0.1) is 6.54 Å². The summed E-state index contributed by atoms with van der Waals surface area (Å²) in [6, 6.07) is 0. The van der Waals surface area contributed by atoms with E-state index in [0.29, 0.717) is 5.41 Å². The van der Waals surface area contributed by atoms with Gasteiger partial charge in [-0.1, -0.05) is 11.3 Å². The van der Waals surface area contributed by atoms with Crippen LogP contribution in [0.3, 0.4) is 0 Å². The molecule has 0 unspecified atom stereocenters. The SMILES string of the molecule is CC(C)(C)NCc1nnc(C23CC4CC(CC(C4)C2)C3)s1. The first-order valence-electron chi connectivity index (χ1n) is 8.50. The zero-order chi connectivity index (χ0) is 14.7. The molecule has 4 aliphatic carbocycles. The van der Waals surface area contributed by atoms with E-state index in [-0.39, 0.29) is 5.54 Å². The van der Waals surface area contributed by atoms with E-state index in [4.69, 9.17) is 0 Å². The second-order valence-electron chi connectivity index (χ2n) is 8.80. The highest BCUT2D eigenvalue weighted by Crippen LogP contribution is 2.60. The molecule has 1 N–H and O–H groups in total. The lowest BCUT2D eigenvalue weighted by Gasteiger charge is -2.55. The molecule has 4 saturated carbocycles. The van der Waals surface area contributed by atoms with Gasteiger partial charge in [0.2, 0.25) is 0 Å². The van der Waals surface area contributed by atoms with Crippen LogP contribution in [0.15, 0.2) is 0 Å². The van der Waals surface area contributed by atoms with Gasteiger partial charge in [-0.2, -0.15) is 0 Å². The first-order chi connectivity index (χ1) is 9.92. The van der Waals surface area contributed by atoms with Crippen LogP contribution in [0.4, 0.5) is 0 Å². The smallest absolute Gasteiger partial charge is 0.131 e. The highest BCUT2D eigenvalue weighted by molar-refractivity contribution is 7.11. The van der Waals surface area contributed by atoms with E-state index < -0.39 is 0 Å². The Hall–Kier alpha value is -0.480. The number of rotatable bonds is 3. The summed E-state index contributed by atoms with van der Waals surface area (Å²) < 4.78 is 0. The normalized spacial score (nSPS) is 38.1. The minimum Gasteiger partial charge on any atom is -0.306 e. The molecule has 4 aliphatic rings. The molecule has 5 rings (SSSR count). The van der Waals surface area contributed by atoms with Gasteiger partial charge in [-0.25, -0.2) is 0 Å². The van der Waals surface area contributed by atoms with Gasteiger partial charge in [0.15, 0.2) is 0 Å². The van der Waals surface area contributed by atoms with Gasteiger partial charge in [-0.3, -0.25) is 0 Å². The molecule has 0 atom stereocenters. The Morgan fingerprint density at radius 2 is 1.62 bits per heavy atom. The molecule has 0 aromatic carbocycles. The molecule has 0 spiro atoms. The Morgan fingerprint density at radius 1 is 1.05 bits per heavy atom. The Balaban J connectivity index is 1.53. The molecule has 0 saturated heterocycles. The highest BCUT2D eigenvalue weighted by Gasteiger charge is 2.53. The monoisotopic (exact) mass is 305 g/mol. The fourth-order valence-corrected chi connectivity index (χ4v) is 6.25. The molecular formula is C17H27N3S. The van der Waals surface area contributed by atoms with Gasteiger partial charge in [0.25, 0.3) is 0 Å². The van der Waals surface area contributed by atoms with Gasteiger partial charge in [-0.05, 0) is 77.0 Å². The number of nitrogens with one attached hydrogen (secondary N) is 1. The largest absolute Gasteiger partial charge is 0.306 e. The fourth-order valence-electron chi connectivity index (χ4n) is 5.25. The summed E-state index contributed by atoms with van der Waals surface area (Å²) in [5.74, 6) is 2.95. The van der Waals surface area contributed by atoms with Gasteiger partial charge in [0, 0.05) is 11.0 Å². The average molecular weight is 305 g/mol. The Labute approximate surface area is 131 Å². The number of hydrogen-bond donors (Lipinski definition) is 1. The summed E-state index contributed by atoms with van der Waals surface area (Å²) in [6.45, 7) is 7.46. The maximum atomic E-state index is 4.64. The van der Waals surface area contributed by atoms with Gasteiger partial charge in [0.1, 0.15) is 10.0 Å². The topological polar surface area (TPSA) is 37.8 Å². The number of hydrogen-bond acceptors (Lipinski definition) is 4. The molecule has 1 aromatic heterocycles. The van der Waals surface area contributed by atoms with Crippen molar-refractivity contribution < 1.29 is 0 Å². The summed E-state index contributed by atoms with van der Waals surface area (Å²) in [6.07, 6.45) is 8.66. The van der Waals surface area contributed by atoms with E-state index >= 15 is 0 Å². The summed E-state index contributed by atoms with van der Waals surface area (Å²) in [4.78, 5) is 0. The molecule has 4 fully saturated rings. The maximum Gasteiger partial charge on any atom is 0.131 e. The van der Waals surface area contributed by atoms with E-state index in [1.54, 1.807) is 0 Å². The highest BCUT2D eigenvalue weighted by atomic mass is 32.1. The summed E-state index contributed by atoms with van der Waals surface area (Å²) in [5, 5.41) is 15.2. The van der Waals surface area contributed by atoms with Crippen LogP contribution in [0.5, 0.6) is 0 Å². The van der Waals surface area contributed by atoms with E-state index in [0.717, 1.165) is 29.3 Å². The lowest BCUT2D eigenvalue weighted by Crippen LogP contribution is -2.48. The molecular weight excluding hydrogens is 278 g/mol. The Kier molecular flexibility index (Phi) is 3.20. The van der Waals surface area contributed by atoms with Crippen molar-refractivity contribution in [1.29, 1.82) is 0 Å². The third kappa shape index (κ3) is 2.65. The van der Waals surface area contributed by atoms with Crippen molar-refractivity contribution in [3.8, 4) is 0 Å². The molecule has 0 amide bonds. The lowest BCUT2D eigenvalue weighted by atomic mass is 9.50. The molecule has 21 heavy (non-hydrogen) atoms. The molecule has 4 heteroatoms. The molecule has 3 nitrogen and oxygen atoms in total. The molecule has 0 aliphatic heterocycles. The van der Waals surface area contributed by atoms with Crippen LogP contribution in [0.25, 0.3) is 0 Å². The fraction of sp³-hybridized carbons (Fsp3) is 0.882. The zero-order valence-electron chi connectivity index (χ0n) is 13.5. The number of nitrogens with zero attached hydrogens (tertiary/aromatic N) is 2. The average Bonchev–Trinajstić information content (AvgIpc) is 2.83. The standard InChI is InChI=1S/C17H27N3S/c1-16(2,3)18-10-14-19-20-15(21-14)17-7-11-4-12(8-17)6-13(5-11)9-17/h11-13,18H,4-10H2,1-3H3. The third-order valence-electron chi connectivity index (χ3n) is 5.73. The zero-order valence-corrected chi connectivity index (χ0v) is 14.3. The first-order valence-corrected chi connectivity index (χ1v) is 9.31. The van der Waals surface area contributed by atoms with Crippen molar-refractivity contribution in [1.82, 2.24) is 15.5 Å². The summed E-state index contributed by atoms with van der Waals surface area (Å²) >= 11 is 1.88. The molecule has 1 aromatic rings. The van der Waals surface area contributed by atoms with Crippen LogP contribution in [0.1, 0.15) is 69.3 Å². The van der Waals surface area contributed by atoms with Crippen LogP contribution >= 0.6 is 11.3 Å². The van der Waals surface area contributed by atoms with Crippen molar-refractivity contribution in [3.05, 3.63) is 10.0 Å². The minimum absolute atomic E-state index is 0.145. The van der Waals surface area contributed by atoms with Crippen LogP contribution in [0.2, 0.25) is 0 Å². The van der Waals surface area contributed by atoms with Gasteiger partial charge >= 0.3 is 0 Å². The van der Waals surface area contributed by atoms with Gasteiger partial charge in [-0.15, -0.1) is 10.2 Å². The van der Waals surface area contributed by atoms with E-state index in [2.05, 4.69) is 36.3 Å². The van der Waals surface area contributed by atoms with Gasteiger partial charge < -0.3 is 5.32 Å². The van der Waals surface area contributed by atoms with Crippen LogP contribution in [0, 0.1) is 17.8 Å². The molecule has 116 valence electrons. The predicted molar refractivity (Wildman–Crippen MR) is 86.4 cm³/mol. The van der Waals surface area contributed by atoms with Crippen molar-refractivity contribution in [2.24, 2.45) is 17.8 Å². The first kappa shape index (κ1) is 14.1. The maximum absolute atomic E-state index is 4.64. The second kappa shape index (κ2) is 4.76. The van der Waals surface area contributed by atoms with Crippen molar-refractivity contribution in [2.45, 2.75) is 76.8 Å². The van der Waals surface area contributed by atoms with Crippen LogP contribution < -0.4 is 5.32 Å². The van der Waals surface area contributed by atoms with E-state index in [1.807, 2.05) is 11.3 Å². The third-order valence-corrected chi connectivity index (χ3v) is 6.90. The van der Waals surface area contributed by atoms with Crippen LogP contribution in [-0.4, -0.2) is 15.7 Å². The van der Waals surface area contributed by atoms with Crippen LogP contribution in [-0.2, 0) is 12.0 Å². The second-order valence-corrected chi connectivity index (χ2v) is 9.86. The summed E-state index contributed by atoms with van der Waals surface area (Å²) in [5.41, 5.74) is 0.554. The quantitative estimate of drug-likeness (QED) is 0.920. The van der Waals surface area contributed by atoms with E-state index in [1.165, 1.54) is 43.5 Å². The Morgan fingerprint density at radius 3 is 2.14 bits per heavy atom.